The molecule has 0 rings (SSSR count). The Kier molecular flexibility index (Phi) is 51.6. The Morgan fingerprint density at radius 3 is 1.25 bits per heavy atom. The lowest BCUT2D eigenvalue weighted by Crippen LogP contribution is -2.45. The first-order valence-corrected chi connectivity index (χ1v) is 28.1. The van der Waals surface area contributed by atoms with Crippen molar-refractivity contribution < 1.29 is 24.5 Å². The average molecular weight is 889 g/mol. The number of amides is 1. The molecule has 3 N–H and O–H groups in total. The van der Waals surface area contributed by atoms with Crippen LogP contribution in [0.15, 0.2) is 24.3 Å². The maximum absolute atomic E-state index is 12.4. The minimum Gasteiger partial charge on any atom is -0.466 e. The predicted octanol–water partition coefficient (Wildman–Crippen LogP) is 17.1. The van der Waals surface area contributed by atoms with Gasteiger partial charge in [-0.15, -0.1) is 0 Å². The number of carbonyl (C=O) groups excluding carboxylic acids is 2. The molecule has 6 nitrogen and oxygen atoms in total. The second-order valence-electron chi connectivity index (χ2n) is 19.3. The van der Waals surface area contributed by atoms with Crippen LogP contribution in [-0.2, 0) is 14.3 Å². The number of allylic oxidation sites excluding steroid dienone is 4. The number of unbranched alkanes of at least 4 members (excludes halogenated alkanes) is 37. The van der Waals surface area contributed by atoms with Gasteiger partial charge in [-0.1, -0.05) is 263 Å². The molecule has 0 spiro atoms. The Balaban J connectivity index is 3.38. The van der Waals surface area contributed by atoms with Crippen LogP contribution in [0.2, 0.25) is 0 Å². The quantitative estimate of drug-likeness (QED) is 0.0321. The number of carbonyl (C=O) groups is 2. The first-order chi connectivity index (χ1) is 31.0. The number of aliphatic hydroxyl groups is 2. The van der Waals surface area contributed by atoms with E-state index in [1.54, 1.807) is 0 Å². The lowest BCUT2D eigenvalue weighted by Gasteiger charge is -2.22. The van der Waals surface area contributed by atoms with Gasteiger partial charge >= 0.3 is 5.97 Å². The molecule has 0 aliphatic heterocycles. The maximum Gasteiger partial charge on any atom is 0.305 e. The second kappa shape index (κ2) is 53.0. The molecule has 2 atom stereocenters. The van der Waals surface area contributed by atoms with Crippen molar-refractivity contribution in [2.45, 2.75) is 315 Å². The van der Waals surface area contributed by atoms with E-state index < -0.39 is 12.1 Å². The third-order valence-corrected chi connectivity index (χ3v) is 13.0. The largest absolute Gasteiger partial charge is 0.466 e. The van der Waals surface area contributed by atoms with Crippen LogP contribution in [0, 0.1) is 0 Å². The summed E-state index contributed by atoms with van der Waals surface area (Å²) in [5, 5.41) is 23.2. The first-order valence-electron chi connectivity index (χ1n) is 28.1. The zero-order valence-electron chi connectivity index (χ0n) is 42.3. The minimum absolute atomic E-state index is 0.00404. The Morgan fingerprint density at radius 2 is 0.810 bits per heavy atom. The highest BCUT2D eigenvalue weighted by molar-refractivity contribution is 5.76. The third-order valence-electron chi connectivity index (χ3n) is 13.0. The molecule has 0 aromatic rings. The smallest absolute Gasteiger partial charge is 0.305 e. The van der Waals surface area contributed by atoms with Gasteiger partial charge in [0.15, 0.2) is 0 Å². The zero-order chi connectivity index (χ0) is 45.8. The molecular formula is C57H109NO5. The average Bonchev–Trinajstić information content (AvgIpc) is 3.28. The van der Waals surface area contributed by atoms with Gasteiger partial charge in [-0.3, -0.25) is 9.59 Å². The number of ether oxygens (including phenoxy) is 1. The van der Waals surface area contributed by atoms with Crippen molar-refractivity contribution in [2.24, 2.45) is 0 Å². The van der Waals surface area contributed by atoms with E-state index in [1.807, 2.05) is 0 Å². The monoisotopic (exact) mass is 888 g/mol. The topological polar surface area (TPSA) is 95.9 Å². The van der Waals surface area contributed by atoms with E-state index in [1.165, 1.54) is 218 Å². The highest BCUT2D eigenvalue weighted by Gasteiger charge is 2.20. The standard InChI is InChI=1S/C57H109NO5/c1-3-5-7-9-11-13-15-17-27-31-35-39-43-47-51-57(62)63-52-48-44-40-36-32-28-25-23-21-19-18-20-22-24-26-30-34-38-42-46-50-56(61)58-54(53-59)55(60)49-45-41-37-33-29-16-14-12-10-8-6-4-2/h9,11,15,17,54-55,59-60H,3-8,10,12-14,16,18-53H2,1-2H3,(H,58,61)/b11-9-,17-15-. The van der Waals surface area contributed by atoms with E-state index in [2.05, 4.69) is 43.5 Å². The summed E-state index contributed by atoms with van der Waals surface area (Å²) in [5.74, 6) is -0.0412. The van der Waals surface area contributed by atoms with Crippen LogP contribution in [0.1, 0.15) is 303 Å². The predicted molar refractivity (Wildman–Crippen MR) is 273 cm³/mol. The van der Waals surface area contributed by atoms with E-state index in [9.17, 15) is 19.8 Å². The maximum atomic E-state index is 12.4. The zero-order valence-corrected chi connectivity index (χ0v) is 42.3. The molecule has 0 saturated heterocycles. The molecule has 0 aliphatic rings. The van der Waals surface area contributed by atoms with E-state index >= 15 is 0 Å². The lowest BCUT2D eigenvalue weighted by atomic mass is 10.0. The van der Waals surface area contributed by atoms with Gasteiger partial charge in [0.05, 0.1) is 25.4 Å². The van der Waals surface area contributed by atoms with Crippen LogP contribution >= 0.6 is 0 Å². The SMILES string of the molecule is CCCC/C=C\C/C=C\CCCCCCCC(=O)OCCCCCCCCCCCCCCCCCCCCCCC(=O)NC(CO)C(O)CCCCCCCCCCCCCC. The number of hydrogen-bond acceptors (Lipinski definition) is 5. The molecule has 2 unspecified atom stereocenters. The van der Waals surface area contributed by atoms with Gasteiger partial charge in [0.2, 0.25) is 5.91 Å². The molecular weight excluding hydrogens is 779 g/mol. The summed E-state index contributed by atoms with van der Waals surface area (Å²) in [6.07, 6.45) is 63.1. The van der Waals surface area contributed by atoms with Crippen LogP contribution < -0.4 is 5.32 Å². The number of nitrogens with one attached hydrogen (secondary N) is 1. The number of esters is 1. The van der Waals surface area contributed by atoms with Gasteiger partial charge in [0.1, 0.15) is 0 Å². The summed E-state index contributed by atoms with van der Waals surface area (Å²) in [6.45, 7) is 4.90. The molecule has 372 valence electrons. The van der Waals surface area contributed by atoms with Crippen LogP contribution in [0.25, 0.3) is 0 Å². The van der Waals surface area contributed by atoms with Crippen molar-refractivity contribution in [3.8, 4) is 0 Å². The van der Waals surface area contributed by atoms with Crippen molar-refractivity contribution in [3.05, 3.63) is 24.3 Å². The summed E-state index contributed by atoms with van der Waals surface area (Å²) in [4.78, 5) is 24.5. The van der Waals surface area contributed by atoms with Crippen molar-refractivity contribution >= 4 is 11.9 Å². The summed E-state index contributed by atoms with van der Waals surface area (Å²) in [6, 6.07) is -0.542. The highest BCUT2D eigenvalue weighted by atomic mass is 16.5. The lowest BCUT2D eigenvalue weighted by molar-refractivity contribution is -0.143. The summed E-state index contributed by atoms with van der Waals surface area (Å²) < 4.78 is 5.47. The van der Waals surface area contributed by atoms with Gasteiger partial charge in [-0.2, -0.15) is 0 Å². The first kappa shape index (κ1) is 61.3. The second-order valence-corrected chi connectivity index (χ2v) is 19.3. The summed E-state index contributed by atoms with van der Waals surface area (Å²) >= 11 is 0. The molecule has 0 bridgehead atoms. The molecule has 0 radical (unpaired) electrons. The molecule has 0 aromatic carbocycles. The Labute approximate surface area is 392 Å². The van der Waals surface area contributed by atoms with E-state index in [-0.39, 0.29) is 18.5 Å². The van der Waals surface area contributed by atoms with Crippen molar-refractivity contribution in [1.82, 2.24) is 5.32 Å². The van der Waals surface area contributed by atoms with Crippen molar-refractivity contribution in [2.75, 3.05) is 13.2 Å². The Hall–Kier alpha value is -1.66. The highest BCUT2D eigenvalue weighted by Crippen LogP contribution is 2.17. The number of hydrogen-bond donors (Lipinski definition) is 3. The molecule has 6 heteroatoms. The van der Waals surface area contributed by atoms with Crippen LogP contribution in [-0.4, -0.2) is 47.4 Å². The number of rotatable bonds is 52. The molecule has 0 saturated carbocycles. The fraction of sp³-hybridized carbons (Fsp3) is 0.895. The van der Waals surface area contributed by atoms with Crippen LogP contribution in [0.3, 0.4) is 0 Å². The molecule has 0 fully saturated rings. The third kappa shape index (κ3) is 49.6. The molecule has 0 heterocycles. The number of aliphatic hydroxyl groups excluding tert-OH is 2. The normalized spacial score (nSPS) is 12.8. The Morgan fingerprint density at radius 1 is 0.444 bits per heavy atom. The summed E-state index contributed by atoms with van der Waals surface area (Å²) in [7, 11) is 0. The molecule has 0 aliphatic carbocycles. The van der Waals surface area contributed by atoms with E-state index in [0.717, 1.165) is 51.4 Å². The van der Waals surface area contributed by atoms with Crippen LogP contribution in [0.4, 0.5) is 0 Å². The van der Waals surface area contributed by atoms with Gasteiger partial charge in [-0.25, -0.2) is 0 Å². The van der Waals surface area contributed by atoms with Gasteiger partial charge in [0.25, 0.3) is 0 Å². The minimum atomic E-state index is -0.664. The fourth-order valence-electron chi connectivity index (χ4n) is 8.66. The van der Waals surface area contributed by atoms with Gasteiger partial charge in [0, 0.05) is 12.8 Å². The summed E-state index contributed by atoms with van der Waals surface area (Å²) in [5.41, 5.74) is 0. The molecule has 1 amide bonds. The molecule has 0 aromatic heterocycles. The molecule has 63 heavy (non-hydrogen) atoms. The van der Waals surface area contributed by atoms with E-state index in [0.29, 0.717) is 25.9 Å². The van der Waals surface area contributed by atoms with Gasteiger partial charge < -0.3 is 20.3 Å². The van der Waals surface area contributed by atoms with Gasteiger partial charge in [-0.05, 0) is 51.4 Å². The fourth-order valence-corrected chi connectivity index (χ4v) is 8.66. The van der Waals surface area contributed by atoms with E-state index in [4.69, 9.17) is 4.74 Å². The van der Waals surface area contributed by atoms with Crippen molar-refractivity contribution in [1.29, 1.82) is 0 Å². The van der Waals surface area contributed by atoms with Crippen molar-refractivity contribution in [3.63, 3.8) is 0 Å². The van der Waals surface area contributed by atoms with Crippen LogP contribution in [0.5, 0.6) is 0 Å². The Bertz CT molecular complexity index is 982.